The average Bonchev–Trinajstić information content (AvgIpc) is 2.44. The summed E-state index contributed by atoms with van der Waals surface area (Å²) in [6, 6.07) is 11.8. The molecule has 0 spiro atoms. The number of allylic oxidation sites excluding steroid dienone is 4. The molecule has 92 valence electrons. The van der Waals surface area contributed by atoms with E-state index in [1.165, 1.54) is 0 Å². The molecule has 0 radical (unpaired) electrons. The summed E-state index contributed by atoms with van der Waals surface area (Å²) in [6.45, 7) is 0.621. The fourth-order valence-corrected chi connectivity index (χ4v) is 2.03. The summed E-state index contributed by atoms with van der Waals surface area (Å²) in [5.74, 6) is 0. The number of hydrogen-bond acceptors (Lipinski definition) is 3. The molecule has 0 bridgehead atoms. The van der Waals surface area contributed by atoms with Crippen molar-refractivity contribution in [1.82, 2.24) is 4.90 Å². The van der Waals surface area contributed by atoms with E-state index in [1.54, 1.807) is 6.08 Å². The van der Waals surface area contributed by atoms with Crippen molar-refractivity contribution >= 4 is 15.9 Å². The van der Waals surface area contributed by atoms with Gasteiger partial charge in [-0.05, 0) is 29.8 Å². The third-order valence-corrected chi connectivity index (χ3v) is 3.22. The second kappa shape index (κ2) is 6.04. The zero-order valence-electron chi connectivity index (χ0n) is 10.0. The lowest BCUT2D eigenvalue weighted by atomic mass is 10.1. The molecule has 1 aromatic carbocycles. The summed E-state index contributed by atoms with van der Waals surface area (Å²) in [5, 5.41) is 18.0. The van der Waals surface area contributed by atoms with Crippen LogP contribution in [-0.2, 0) is 6.54 Å². The molecule has 0 saturated heterocycles. The summed E-state index contributed by atoms with van der Waals surface area (Å²) in [7, 11) is 0. The van der Waals surface area contributed by atoms with Gasteiger partial charge in [-0.15, -0.1) is 0 Å². The van der Waals surface area contributed by atoms with Gasteiger partial charge in [0, 0.05) is 17.2 Å². The van der Waals surface area contributed by atoms with Crippen molar-refractivity contribution < 1.29 is 0 Å². The van der Waals surface area contributed by atoms with E-state index in [9.17, 15) is 0 Å². The maximum atomic E-state index is 8.98. The largest absolute Gasteiger partial charge is 0.342 e. The van der Waals surface area contributed by atoms with Crippen molar-refractivity contribution in [1.29, 1.82) is 10.5 Å². The third-order valence-electron chi connectivity index (χ3n) is 2.69. The van der Waals surface area contributed by atoms with E-state index in [4.69, 9.17) is 10.5 Å². The van der Waals surface area contributed by atoms with E-state index in [-0.39, 0.29) is 5.57 Å². The summed E-state index contributed by atoms with van der Waals surface area (Å²) >= 11 is 3.39. The lowest BCUT2D eigenvalue weighted by molar-refractivity contribution is 0.468. The van der Waals surface area contributed by atoms with Crippen LogP contribution in [0.25, 0.3) is 0 Å². The molecule has 4 heteroatoms. The normalized spacial score (nSPS) is 13.0. The fourth-order valence-electron chi connectivity index (χ4n) is 1.77. The van der Waals surface area contributed by atoms with E-state index >= 15 is 0 Å². The first kappa shape index (κ1) is 13.1. The minimum absolute atomic E-state index is 0.123. The number of benzene rings is 1. The van der Waals surface area contributed by atoms with E-state index in [0.717, 1.165) is 10.0 Å². The van der Waals surface area contributed by atoms with Crippen molar-refractivity contribution in [2.75, 3.05) is 0 Å². The molecule has 0 aromatic heterocycles. The van der Waals surface area contributed by atoms with Crippen LogP contribution in [0.5, 0.6) is 0 Å². The topological polar surface area (TPSA) is 50.8 Å². The number of rotatable bonds is 2. The molecule has 3 nitrogen and oxygen atoms in total. The summed E-state index contributed by atoms with van der Waals surface area (Å²) in [6.07, 6.45) is 7.35. The van der Waals surface area contributed by atoms with Crippen LogP contribution < -0.4 is 0 Å². The monoisotopic (exact) mass is 311 g/mol. The van der Waals surface area contributed by atoms with Crippen LogP contribution in [0.15, 0.2) is 64.4 Å². The average molecular weight is 312 g/mol. The van der Waals surface area contributed by atoms with Crippen LogP contribution in [0.4, 0.5) is 0 Å². The molecule has 1 heterocycles. The number of nitriles is 2. The lowest BCUT2D eigenvalue weighted by Crippen LogP contribution is -2.18. The van der Waals surface area contributed by atoms with E-state index < -0.39 is 0 Å². The number of hydrogen-bond donors (Lipinski definition) is 0. The Morgan fingerprint density at radius 1 is 1.11 bits per heavy atom. The minimum atomic E-state index is 0.123. The smallest absolute Gasteiger partial charge is 0.153 e. The number of nitrogens with zero attached hydrogens (tertiary/aromatic N) is 3. The van der Waals surface area contributed by atoms with Gasteiger partial charge in [0.25, 0.3) is 0 Å². The first-order valence-electron chi connectivity index (χ1n) is 5.65. The zero-order valence-corrected chi connectivity index (χ0v) is 11.6. The first-order chi connectivity index (χ1) is 9.24. The van der Waals surface area contributed by atoms with E-state index in [0.29, 0.717) is 12.2 Å². The Morgan fingerprint density at radius 3 is 2.42 bits per heavy atom. The molecule has 2 rings (SSSR count). The Labute approximate surface area is 120 Å². The van der Waals surface area contributed by atoms with Gasteiger partial charge in [0.2, 0.25) is 0 Å². The van der Waals surface area contributed by atoms with Crippen molar-refractivity contribution in [3.63, 3.8) is 0 Å². The maximum absolute atomic E-state index is 8.98. The van der Waals surface area contributed by atoms with Crippen molar-refractivity contribution in [2.24, 2.45) is 0 Å². The summed E-state index contributed by atoms with van der Waals surface area (Å²) in [5.41, 5.74) is 1.86. The Morgan fingerprint density at radius 2 is 1.79 bits per heavy atom. The van der Waals surface area contributed by atoms with Gasteiger partial charge in [-0.1, -0.05) is 34.1 Å². The predicted octanol–water partition coefficient (Wildman–Crippen LogP) is 3.64. The third kappa shape index (κ3) is 3.13. The highest BCUT2D eigenvalue weighted by Crippen LogP contribution is 2.20. The molecule has 0 amide bonds. The highest BCUT2D eigenvalue weighted by molar-refractivity contribution is 9.10. The van der Waals surface area contributed by atoms with Gasteiger partial charge in [-0.3, -0.25) is 0 Å². The minimum Gasteiger partial charge on any atom is -0.342 e. The molecule has 0 unspecified atom stereocenters. The van der Waals surface area contributed by atoms with Crippen LogP contribution >= 0.6 is 15.9 Å². The van der Waals surface area contributed by atoms with Crippen molar-refractivity contribution in [3.05, 3.63) is 70.0 Å². The molecule has 0 atom stereocenters. The summed E-state index contributed by atoms with van der Waals surface area (Å²) < 4.78 is 1.02. The molecule has 0 fully saturated rings. The Hall–Kier alpha value is -2.30. The maximum Gasteiger partial charge on any atom is 0.153 e. The van der Waals surface area contributed by atoms with Gasteiger partial charge in [0.05, 0.1) is 5.70 Å². The highest BCUT2D eigenvalue weighted by Gasteiger charge is 2.13. The van der Waals surface area contributed by atoms with Gasteiger partial charge in [0.1, 0.15) is 12.1 Å². The molecular formula is C15H10BrN3. The molecular weight excluding hydrogens is 302 g/mol. The molecule has 0 saturated carbocycles. The molecule has 1 aliphatic heterocycles. The second-order valence-electron chi connectivity index (χ2n) is 3.94. The fraction of sp³-hybridized carbons (Fsp3) is 0.0667. The van der Waals surface area contributed by atoms with Crippen LogP contribution in [0.1, 0.15) is 5.56 Å². The Bertz CT molecular complexity index is 623. The lowest BCUT2D eigenvalue weighted by Gasteiger charge is -2.23. The SMILES string of the molecule is N#CC(C#N)=C1C=CC=CN1Cc1ccc(Br)cc1. The van der Waals surface area contributed by atoms with Crippen LogP contribution in [-0.4, -0.2) is 4.90 Å². The first-order valence-corrected chi connectivity index (χ1v) is 6.44. The predicted molar refractivity (Wildman–Crippen MR) is 76.2 cm³/mol. The van der Waals surface area contributed by atoms with E-state index in [1.807, 2.05) is 59.7 Å². The Kier molecular flexibility index (Phi) is 4.18. The molecule has 19 heavy (non-hydrogen) atoms. The molecule has 1 aromatic rings. The Balaban J connectivity index is 2.29. The second-order valence-corrected chi connectivity index (χ2v) is 4.85. The molecule has 0 N–H and O–H groups in total. The van der Waals surface area contributed by atoms with Gasteiger partial charge in [0.15, 0.2) is 5.57 Å². The van der Waals surface area contributed by atoms with Gasteiger partial charge < -0.3 is 4.90 Å². The zero-order chi connectivity index (χ0) is 13.7. The highest BCUT2D eigenvalue weighted by atomic mass is 79.9. The van der Waals surface area contributed by atoms with Crippen LogP contribution in [0.3, 0.4) is 0 Å². The number of halogens is 1. The van der Waals surface area contributed by atoms with Gasteiger partial charge in [-0.25, -0.2) is 0 Å². The van der Waals surface area contributed by atoms with Gasteiger partial charge >= 0.3 is 0 Å². The van der Waals surface area contributed by atoms with Crippen molar-refractivity contribution in [3.8, 4) is 12.1 Å². The standard InChI is InChI=1S/C15H10BrN3/c16-14-6-4-12(5-7-14)11-19-8-2-1-3-15(19)13(9-17)10-18/h1-8H,11H2. The molecule has 1 aliphatic rings. The van der Waals surface area contributed by atoms with Crippen LogP contribution in [0, 0.1) is 22.7 Å². The quantitative estimate of drug-likeness (QED) is 0.784. The molecule has 0 aliphatic carbocycles. The summed E-state index contributed by atoms with van der Waals surface area (Å²) in [4.78, 5) is 1.89. The van der Waals surface area contributed by atoms with Crippen molar-refractivity contribution in [2.45, 2.75) is 6.54 Å². The van der Waals surface area contributed by atoms with Gasteiger partial charge in [-0.2, -0.15) is 10.5 Å². The van der Waals surface area contributed by atoms with Crippen LogP contribution in [0.2, 0.25) is 0 Å². The van der Waals surface area contributed by atoms with E-state index in [2.05, 4.69) is 15.9 Å².